The molecular weight excluding hydrogens is 295 g/mol. The molecule has 0 aliphatic carbocycles. The molecule has 21 heavy (non-hydrogen) atoms. The fourth-order valence-electron chi connectivity index (χ4n) is 2.77. The summed E-state index contributed by atoms with van der Waals surface area (Å²) in [5.74, 6) is -0.628. The van der Waals surface area contributed by atoms with E-state index in [0.29, 0.717) is 18.7 Å². The predicted octanol–water partition coefficient (Wildman–Crippen LogP) is 0.889. The van der Waals surface area contributed by atoms with E-state index in [4.69, 9.17) is 5.11 Å². The Morgan fingerprint density at radius 1 is 1.38 bits per heavy atom. The standard InChI is InChI=1S/C14H21FN2O3S/c1-10-7-17(8-13(10)16(2)3)21(19,20)14-5-4-11(9-18)6-12(14)15/h4-6,10,13,18H,7-9H2,1-3H3. The lowest BCUT2D eigenvalue weighted by Gasteiger charge is -2.22. The first-order valence-electron chi connectivity index (χ1n) is 6.83. The fourth-order valence-corrected chi connectivity index (χ4v) is 4.37. The lowest BCUT2D eigenvalue weighted by Crippen LogP contribution is -2.36. The van der Waals surface area contributed by atoms with Crippen molar-refractivity contribution in [3.63, 3.8) is 0 Å². The molecule has 1 N–H and O–H groups in total. The van der Waals surface area contributed by atoms with E-state index in [-0.39, 0.29) is 23.5 Å². The van der Waals surface area contributed by atoms with Crippen LogP contribution in [0.15, 0.2) is 23.1 Å². The van der Waals surface area contributed by atoms with Crippen LogP contribution in [0.5, 0.6) is 0 Å². The van der Waals surface area contributed by atoms with Crippen LogP contribution in [0.25, 0.3) is 0 Å². The Morgan fingerprint density at radius 3 is 2.52 bits per heavy atom. The number of halogens is 1. The molecule has 1 heterocycles. The molecule has 1 fully saturated rings. The first kappa shape index (κ1) is 16.4. The minimum atomic E-state index is -3.84. The van der Waals surface area contributed by atoms with Gasteiger partial charge in [0.25, 0.3) is 0 Å². The largest absolute Gasteiger partial charge is 0.392 e. The lowest BCUT2D eigenvalue weighted by atomic mass is 10.1. The average Bonchev–Trinajstić information content (AvgIpc) is 2.81. The van der Waals surface area contributed by atoms with Gasteiger partial charge in [0.2, 0.25) is 10.0 Å². The minimum Gasteiger partial charge on any atom is -0.392 e. The summed E-state index contributed by atoms with van der Waals surface area (Å²) in [6.07, 6.45) is 0. The summed E-state index contributed by atoms with van der Waals surface area (Å²) >= 11 is 0. The van der Waals surface area contributed by atoms with E-state index in [1.807, 2.05) is 25.9 Å². The van der Waals surface area contributed by atoms with Crippen LogP contribution in [0.1, 0.15) is 12.5 Å². The highest BCUT2D eigenvalue weighted by molar-refractivity contribution is 7.89. The van der Waals surface area contributed by atoms with Crippen molar-refractivity contribution in [2.45, 2.75) is 24.5 Å². The number of aliphatic hydroxyl groups is 1. The van der Waals surface area contributed by atoms with Gasteiger partial charge in [-0.25, -0.2) is 12.8 Å². The van der Waals surface area contributed by atoms with Gasteiger partial charge in [0.1, 0.15) is 10.7 Å². The molecule has 0 bridgehead atoms. The molecule has 1 aliphatic rings. The number of nitrogens with zero attached hydrogens (tertiary/aromatic N) is 2. The van der Waals surface area contributed by atoms with E-state index in [9.17, 15) is 12.8 Å². The van der Waals surface area contributed by atoms with Crippen molar-refractivity contribution in [3.8, 4) is 0 Å². The summed E-state index contributed by atoms with van der Waals surface area (Å²) in [5.41, 5.74) is 0.354. The third-order valence-electron chi connectivity index (χ3n) is 4.00. The van der Waals surface area contributed by atoms with E-state index < -0.39 is 15.8 Å². The van der Waals surface area contributed by atoms with Crippen LogP contribution in [-0.4, -0.2) is 56.0 Å². The molecule has 1 aromatic rings. The molecule has 118 valence electrons. The smallest absolute Gasteiger partial charge is 0.246 e. The molecule has 1 aliphatic heterocycles. The van der Waals surface area contributed by atoms with Gasteiger partial charge in [0, 0.05) is 19.1 Å². The van der Waals surface area contributed by atoms with Gasteiger partial charge in [-0.3, -0.25) is 0 Å². The van der Waals surface area contributed by atoms with Gasteiger partial charge in [-0.1, -0.05) is 13.0 Å². The van der Waals surface area contributed by atoms with Crippen LogP contribution in [0.4, 0.5) is 4.39 Å². The second-order valence-corrected chi connectivity index (χ2v) is 7.66. The molecule has 1 aromatic carbocycles. The average molecular weight is 316 g/mol. The van der Waals surface area contributed by atoms with E-state index >= 15 is 0 Å². The highest BCUT2D eigenvalue weighted by atomic mass is 32.2. The molecule has 1 saturated heterocycles. The molecule has 2 unspecified atom stereocenters. The Kier molecular flexibility index (Phi) is 4.67. The van der Waals surface area contributed by atoms with Crippen molar-refractivity contribution in [3.05, 3.63) is 29.6 Å². The van der Waals surface area contributed by atoms with E-state index in [1.165, 1.54) is 16.4 Å². The van der Waals surface area contributed by atoms with Crippen molar-refractivity contribution in [1.29, 1.82) is 0 Å². The molecule has 0 radical (unpaired) electrons. The molecule has 0 aromatic heterocycles. The van der Waals surface area contributed by atoms with Crippen molar-refractivity contribution in [2.24, 2.45) is 5.92 Å². The molecule has 0 saturated carbocycles. The van der Waals surface area contributed by atoms with Gasteiger partial charge in [0.15, 0.2) is 0 Å². The summed E-state index contributed by atoms with van der Waals surface area (Å²) in [5, 5.41) is 8.97. The van der Waals surface area contributed by atoms with Gasteiger partial charge in [-0.2, -0.15) is 4.31 Å². The van der Waals surface area contributed by atoms with Crippen molar-refractivity contribution >= 4 is 10.0 Å². The first-order valence-corrected chi connectivity index (χ1v) is 8.27. The van der Waals surface area contributed by atoms with Crippen LogP contribution >= 0.6 is 0 Å². The summed E-state index contributed by atoms with van der Waals surface area (Å²) < 4.78 is 40.5. The van der Waals surface area contributed by atoms with Crippen molar-refractivity contribution in [1.82, 2.24) is 9.21 Å². The van der Waals surface area contributed by atoms with E-state index in [1.54, 1.807) is 0 Å². The maximum absolute atomic E-state index is 14.0. The Labute approximate surface area is 125 Å². The summed E-state index contributed by atoms with van der Waals surface area (Å²) in [6, 6.07) is 3.85. The molecule has 5 nitrogen and oxygen atoms in total. The van der Waals surface area contributed by atoms with Gasteiger partial charge in [0.05, 0.1) is 6.61 Å². The maximum atomic E-state index is 14.0. The number of aliphatic hydroxyl groups excluding tert-OH is 1. The van der Waals surface area contributed by atoms with Gasteiger partial charge >= 0.3 is 0 Å². The second-order valence-electron chi connectivity index (χ2n) is 5.75. The van der Waals surface area contributed by atoms with Crippen LogP contribution in [-0.2, 0) is 16.6 Å². The monoisotopic (exact) mass is 316 g/mol. The zero-order valence-electron chi connectivity index (χ0n) is 12.5. The van der Waals surface area contributed by atoms with Gasteiger partial charge < -0.3 is 10.0 Å². The van der Waals surface area contributed by atoms with Crippen LogP contribution in [0.2, 0.25) is 0 Å². The predicted molar refractivity (Wildman–Crippen MR) is 77.7 cm³/mol. The zero-order chi connectivity index (χ0) is 15.8. The zero-order valence-corrected chi connectivity index (χ0v) is 13.3. The number of hydrogen-bond acceptors (Lipinski definition) is 4. The van der Waals surface area contributed by atoms with Crippen molar-refractivity contribution in [2.75, 3.05) is 27.2 Å². The molecule has 7 heteroatoms. The Balaban J connectivity index is 2.31. The van der Waals surface area contributed by atoms with Gasteiger partial charge in [-0.15, -0.1) is 0 Å². The number of hydrogen-bond donors (Lipinski definition) is 1. The molecule has 0 amide bonds. The Morgan fingerprint density at radius 2 is 2.05 bits per heavy atom. The number of sulfonamides is 1. The van der Waals surface area contributed by atoms with E-state index in [2.05, 4.69) is 0 Å². The summed E-state index contributed by atoms with van der Waals surface area (Å²) in [4.78, 5) is 1.66. The number of benzene rings is 1. The Hall–Kier alpha value is -1.02. The van der Waals surface area contributed by atoms with Crippen molar-refractivity contribution < 1.29 is 17.9 Å². The first-order chi connectivity index (χ1) is 9.77. The molecule has 2 rings (SSSR count). The summed E-state index contributed by atoms with van der Waals surface area (Å²) in [7, 11) is -0.0224. The molecule has 0 spiro atoms. The molecule has 2 atom stereocenters. The highest BCUT2D eigenvalue weighted by Crippen LogP contribution is 2.28. The normalized spacial score (nSPS) is 23.9. The Bertz CT molecular complexity index is 619. The highest BCUT2D eigenvalue weighted by Gasteiger charge is 2.39. The second kappa shape index (κ2) is 6.00. The number of rotatable bonds is 4. The minimum absolute atomic E-state index is 0.125. The summed E-state index contributed by atoms with van der Waals surface area (Å²) in [6.45, 7) is 2.41. The third-order valence-corrected chi connectivity index (χ3v) is 5.86. The lowest BCUT2D eigenvalue weighted by molar-refractivity contribution is 0.263. The SMILES string of the molecule is CC1CN(S(=O)(=O)c2ccc(CO)cc2F)CC1N(C)C. The van der Waals surface area contributed by atoms with E-state index in [0.717, 1.165) is 6.07 Å². The van der Waals surface area contributed by atoms with Crippen LogP contribution in [0.3, 0.4) is 0 Å². The molecular formula is C14H21FN2O3S. The van der Waals surface area contributed by atoms with Crippen LogP contribution < -0.4 is 0 Å². The maximum Gasteiger partial charge on any atom is 0.246 e. The topological polar surface area (TPSA) is 60.9 Å². The van der Waals surface area contributed by atoms with Gasteiger partial charge in [-0.05, 0) is 37.7 Å². The fraction of sp³-hybridized carbons (Fsp3) is 0.571. The quantitative estimate of drug-likeness (QED) is 0.896. The third kappa shape index (κ3) is 3.11. The van der Waals surface area contributed by atoms with Crippen LogP contribution in [0, 0.1) is 11.7 Å². The number of likely N-dealkylation sites (N-methyl/N-ethyl adjacent to an activating group) is 1.